The predicted molar refractivity (Wildman–Crippen MR) is 169 cm³/mol. The number of rotatable bonds is 4. The number of aliphatic hydroxyl groups excluding tert-OH is 1. The van der Waals surface area contributed by atoms with Crippen molar-refractivity contribution in [2.24, 2.45) is 17.6 Å². The maximum atomic E-state index is 11.8. The van der Waals surface area contributed by atoms with Crippen LogP contribution in [-0.2, 0) is 23.7 Å². The number of carbonyl (C=O) groups excluding carboxylic acids is 3. The lowest BCUT2D eigenvalue weighted by Crippen LogP contribution is -2.56. The second-order valence-corrected chi connectivity index (χ2v) is 14.4. The average Bonchev–Trinajstić information content (AvgIpc) is 4.00. The third-order valence-electron chi connectivity index (χ3n) is 11.9. The Balaban J connectivity index is 0.000000114. The van der Waals surface area contributed by atoms with Gasteiger partial charge in [0.25, 0.3) is 0 Å². The standard InChI is InChI=1S/C11H14N2O3.2C11H18N2O3/c1-3-15-11(14)13-7-4-6(12-2)5-8(13)10-9(7)16-10;1-2-15-11(14)13-7-3-6(5-12)4-8(13)10-9(7)16-10;1-2-16-11(15)13-7-3-6-4-8(13)10(14)9(7)12-5-6/h6-10H,3-5H2,1H3;6-10H,2-5,12H2,1H3;6-10,12,14H,2-5H2,1H3/t2*6?,7?,8?,9-,10+;6?,7?,8?,9?,10-/m..0/s1. The van der Waals surface area contributed by atoms with E-state index in [2.05, 4.69) is 10.2 Å². The normalized spacial score (nSPS) is 44.2. The van der Waals surface area contributed by atoms with Crippen molar-refractivity contribution in [3.8, 4) is 0 Å². The second-order valence-electron chi connectivity index (χ2n) is 14.4. The first-order valence-electron chi connectivity index (χ1n) is 17.9. The number of nitrogens with one attached hydrogen (secondary N) is 1. The lowest BCUT2D eigenvalue weighted by molar-refractivity contribution is 0.0187. The van der Waals surface area contributed by atoms with Crippen LogP contribution in [0.1, 0.15) is 59.3 Å². The largest absolute Gasteiger partial charge is 0.450 e. The van der Waals surface area contributed by atoms with Gasteiger partial charge in [0, 0.05) is 12.8 Å². The summed E-state index contributed by atoms with van der Waals surface area (Å²) in [5.74, 6) is 1.14. The highest BCUT2D eigenvalue weighted by Gasteiger charge is 2.67. The Bertz CT molecular complexity index is 1250. The molecule has 9 fully saturated rings. The molecule has 7 bridgehead atoms. The zero-order chi connectivity index (χ0) is 33.9. The third kappa shape index (κ3) is 5.77. The molecule has 0 aliphatic carbocycles. The Hall–Kier alpha value is -2.90. The van der Waals surface area contributed by atoms with Crippen LogP contribution in [-0.4, -0.2) is 150 Å². The highest BCUT2D eigenvalue weighted by molar-refractivity contribution is 5.71. The molecule has 9 aliphatic rings. The molecule has 9 aliphatic heterocycles. The number of nitrogens with zero attached hydrogens (tertiary/aromatic N) is 4. The van der Waals surface area contributed by atoms with Gasteiger partial charge in [0.15, 0.2) is 0 Å². The smallest absolute Gasteiger partial charge is 0.410 e. The molecule has 15 atom stereocenters. The fourth-order valence-corrected chi connectivity index (χ4v) is 9.83. The maximum absolute atomic E-state index is 11.8. The van der Waals surface area contributed by atoms with Gasteiger partial charge in [-0.2, -0.15) is 0 Å². The first-order chi connectivity index (χ1) is 23.2. The first-order valence-corrected chi connectivity index (χ1v) is 17.9. The fraction of sp³-hybridized carbons (Fsp3) is 0.879. The van der Waals surface area contributed by atoms with Crippen molar-refractivity contribution in [1.82, 2.24) is 20.0 Å². The van der Waals surface area contributed by atoms with Gasteiger partial charge in [-0.15, -0.1) is 0 Å². The molecule has 0 aromatic carbocycles. The van der Waals surface area contributed by atoms with Crippen LogP contribution >= 0.6 is 0 Å². The molecule has 3 amide bonds. The molecule has 9 heterocycles. The second kappa shape index (κ2) is 13.4. The van der Waals surface area contributed by atoms with Crippen LogP contribution in [0.4, 0.5) is 14.4 Å². The van der Waals surface area contributed by atoms with E-state index in [1.54, 1.807) is 4.90 Å². The molecule has 0 aromatic heterocycles. The lowest BCUT2D eigenvalue weighted by Gasteiger charge is -2.41. The molecule has 15 heteroatoms. The predicted octanol–water partition coefficient (Wildman–Crippen LogP) is 1.31. The summed E-state index contributed by atoms with van der Waals surface area (Å²) in [6, 6.07) is 0.746. The van der Waals surface area contributed by atoms with E-state index in [1.165, 1.54) is 0 Å². The Kier molecular flexibility index (Phi) is 9.40. The van der Waals surface area contributed by atoms with Crippen LogP contribution in [0.15, 0.2) is 0 Å². The number of aliphatic hydroxyl groups is 1. The Morgan fingerprint density at radius 2 is 1.19 bits per heavy atom. The van der Waals surface area contributed by atoms with Crippen molar-refractivity contribution < 1.29 is 43.2 Å². The molecule has 15 nitrogen and oxygen atoms in total. The average molecular weight is 675 g/mol. The van der Waals surface area contributed by atoms with Crippen LogP contribution in [0.2, 0.25) is 0 Å². The highest BCUT2D eigenvalue weighted by atomic mass is 16.6. The Morgan fingerprint density at radius 3 is 1.62 bits per heavy atom. The SMILES string of the molecule is CCOC(=O)N1C2CC(CN)CC1[C@@H]1O[C@H]21.CCOC(=O)N1C2CC3CNC2[C@@H](O)C1C3.[C-]#[N+]C1CC2[C@H]3O[C@H]3C(C1)N2C(=O)OCC. The number of fused-ring (bicyclic) bond motifs is 12. The molecule has 9 saturated heterocycles. The molecule has 0 saturated carbocycles. The zero-order valence-corrected chi connectivity index (χ0v) is 28.0. The van der Waals surface area contributed by atoms with Gasteiger partial charge in [-0.05, 0) is 71.4 Å². The molecule has 9 rings (SSSR count). The number of hydrogen-bond donors (Lipinski definition) is 3. The maximum Gasteiger partial charge on any atom is 0.410 e. The quantitative estimate of drug-likeness (QED) is 0.223. The number of epoxide rings is 2. The summed E-state index contributed by atoms with van der Waals surface area (Å²) in [5.41, 5.74) is 5.72. The third-order valence-corrected chi connectivity index (χ3v) is 11.9. The van der Waals surface area contributed by atoms with E-state index >= 15 is 0 Å². The van der Waals surface area contributed by atoms with Crippen LogP contribution in [0.25, 0.3) is 4.85 Å². The fourth-order valence-electron chi connectivity index (χ4n) is 9.83. The summed E-state index contributed by atoms with van der Waals surface area (Å²) in [4.78, 5) is 44.5. The van der Waals surface area contributed by atoms with Gasteiger partial charge in [0.2, 0.25) is 6.04 Å². The van der Waals surface area contributed by atoms with E-state index in [4.69, 9.17) is 36.0 Å². The van der Waals surface area contributed by atoms with E-state index in [-0.39, 0.29) is 91.0 Å². The molecule has 4 N–H and O–H groups in total. The number of nitrogens with two attached hydrogens (primary N) is 1. The number of piperidine rings is 4. The van der Waals surface area contributed by atoms with E-state index in [1.807, 2.05) is 30.6 Å². The number of carbonyl (C=O) groups is 3. The summed E-state index contributed by atoms with van der Waals surface area (Å²) in [6.45, 7) is 15.5. The summed E-state index contributed by atoms with van der Waals surface area (Å²) < 4.78 is 26.3. The minimum atomic E-state index is -0.429. The summed E-state index contributed by atoms with van der Waals surface area (Å²) in [6.07, 6.45) is 5.05. The zero-order valence-electron chi connectivity index (χ0n) is 28.0. The monoisotopic (exact) mass is 674 g/mol. The van der Waals surface area contributed by atoms with E-state index in [0.717, 1.165) is 45.1 Å². The van der Waals surface area contributed by atoms with Crippen LogP contribution in [0.3, 0.4) is 0 Å². The summed E-state index contributed by atoms with van der Waals surface area (Å²) >= 11 is 0. The van der Waals surface area contributed by atoms with Crippen molar-refractivity contribution in [2.75, 3.05) is 32.9 Å². The highest BCUT2D eigenvalue weighted by Crippen LogP contribution is 2.51. The molecule has 266 valence electrons. The minimum absolute atomic E-state index is 0.0391. The number of amides is 3. The van der Waals surface area contributed by atoms with Crippen molar-refractivity contribution >= 4 is 18.3 Å². The van der Waals surface area contributed by atoms with Gasteiger partial charge < -0.3 is 44.7 Å². The first kappa shape index (κ1) is 33.6. The number of morpholine rings is 2. The van der Waals surface area contributed by atoms with Gasteiger partial charge in [0.1, 0.15) is 24.4 Å². The van der Waals surface area contributed by atoms with Gasteiger partial charge >= 0.3 is 18.3 Å². The van der Waals surface area contributed by atoms with Gasteiger partial charge in [-0.25, -0.2) is 21.0 Å². The Labute approximate surface area is 281 Å². The molecule has 48 heavy (non-hydrogen) atoms. The van der Waals surface area contributed by atoms with Crippen LogP contribution < -0.4 is 11.1 Å². The van der Waals surface area contributed by atoms with Crippen LogP contribution in [0, 0.1) is 18.4 Å². The van der Waals surface area contributed by atoms with Crippen molar-refractivity contribution in [3.05, 3.63) is 11.4 Å². The Morgan fingerprint density at radius 1 is 0.750 bits per heavy atom. The molecule has 0 aromatic rings. The topological polar surface area (TPSA) is 176 Å². The summed E-state index contributed by atoms with van der Waals surface area (Å²) in [7, 11) is 0. The molecule has 0 radical (unpaired) electrons. The molecular formula is C33H50N6O9. The van der Waals surface area contributed by atoms with Gasteiger partial charge in [-0.1, -0.05) is 0 Å². The molecule has 10 unspecified atom stereocenters. The van der Waals surface area contributed by atoms with E-state index in [9.17, 15) is 19.5 Å². The van der Waals surface area contributed by atoms with E-state index in [0.29, 0.717) is 38.2 Å². The van der Waals surface area contributed by atoms with Crippen molar-refractivity contribution in [3.63, 3.8) is 0 Å². The number of ether oxygens (including phenoxy) is 5. The summed E-state index contributed by atoms with van der Waals surface area (Å²) in [5, 5.41) is 13.5. The van der Waals surface area contributed by atoms with Crippen LogP contribution in [0.5, 0.6) is 0 Å². The number of hydrogen-bond acceptors (Lipinski definition) is 11. The lowest BCUT2D eigenvalue weighted by atomic mass is 9.88. The van der Waals surface area contributed by atoms with Crippen molar-refractivity contribution in [1.29, 1.82) is 0 Å². The van der Waals surface area contributed by atoms with Gasteiger partial charge in [-0.3, -0.25) is 14.7 Å². The minimum Gasteiger partial charge on any atom is -0.450 e. The van der Waals surface area contributed by atoms with Gasteiger partial charge in [0.05, 0.1) is 68.2 Å². The molecular weight excluding hydrogens is 624 g/mol. The van der Waals surface area contributed by atoms with Crippen molar-refractivity contribution in [2.45, 2.75) is 138 Å². The van der Waals surface area contributed by atoms with E-state index < -0.39 is 6.10 Å². The molecule has 0 spiro atoms.